The van der Waals surface area contributed by atoms with Gasteiger partial charge in [-0.05, 0) is 30.5 Å². The van der Waals surface area contributed by atoms with Gasteiger partial charge in [0, 0.05) is 30.9 Å². The number of hydrogen-bond donors (Lipinski definition) is 1. The Labute approximate surface area is 141 Å². The molecule has 0 spiro atoms. The topological polar surface area (TPSA) is 98.3 Å². The third-order valence-electron chi connectivity index (χ3n) is 4.19. The highest BCUT2D eigenvalue weighted by Crippen LogP contribution is 2.32. The van der Waals surface area contributed by atoms with Crippen molar-refractivity contribution in [2.75, 3.05) is 6.54 Å². The summed E-state index contributed by atoms with van der Waals surface area (Å²) >= 11 is 0. The number of benzene rings is 1. The van der Waals surface area contributed by atoms with Gasteiger partial charge in [-0.1, -0.05) is 12.1 Å². The zero-order valence-corrected chi connectivity index (χ0v) is 14.2. The lowest BCUT2D eigenvalue weighted by Crippen LogP contribution is -2.30. The van der Waals surface area contributed by atoms with Gasteiger partial charge in [0.2, 0.25) is 10.0 Å². The maximum Gasteiger partial charge on any atom is 0.254 e. The van der Waals surface area contributed by atoms with Crippen LogP contribution in [0.25, 0.3) is 0 Å². The van der Waals surface area contributed by atoms with E-state index in [1.165, 1.54) is 0 Å². The molecule has 24 heavy (non-hydrogen) atoms. The molecular formula is C16H20N4O3S. The van der Waals surface area contributed by atoms with Crippen molar-refractivity contribution in [1.29, 1.82) is 0 Å². The van der Waals surface area contributed by atoms with E-state index in [1.807, 2.05) is 18.1 Å². The third-order valence-corrected chi connectivity index (χ3v) is 4.93. The van der Waals surface area contributed by atoms with Crippen LogP contribution in [0.5, 0.6) is 0 Å². The van der Waals surface area contributed by atoms with Gasteiger partial charge in [-0.15, -0.1) is 0 Å². The van der Waals surface area contributed by atoms with Crippen LogP contribution in [0.15, 0.2) is 36.7 Å². The molecule has 1 aromatic heterocycles. The minimum absolute atomic E-state index is 0.0373. The molecule has 0 radical (unpaired) electrons. The van der Waals surface area contributed by atoms with Crippen LogP contribution in [-0.4, -0.2) is 35.6 Å². The summed E-state index contributed by atoms with van der Waals surface area (Å²) in [5, 5.41) is 9.22. The molecule has 1 saturated heterocycles. The summed E-state index contributed by atoms with van der Waals surface area (Å²) in [7, 11) is -1.72. The van der Waals surface area contributed by atoms with E-state index in [1.54, 1.807) is 35.1 Å². The van der Waals surface area contributed by atoms with E-state index in [2.05, 4.69) is 5.10 Å². The van der Waals surface area contributed by atoms with Gasteiger partial charge >= 0.3 is 0 Å². The molecule has 0 bridgehead atoms. The Balaban J connectivity index is 1.78. The maximum absolute atomic E-state index is 12.8. The molecule has 2 heterocycles. The molecule has 2 N–H and O–H groups in total. The van der Waals surface area contributed by atoms with Crippen molar-refractivity contribution in [3.8, 4) is 0 Å². The standard InChI is InChI=1S/C16H20N4O3S/c1-19-10-14(9-18-19)15-3-2-8-20(15)16(21)13-6-4-12(5-7-13)11-24(17,22)23/h4-7,9-10,15H,2-3,8,11H2,1H3,(H2,17,22,23). The molecule has 1 atom stereocenters. The van der Waals surface area contributed by atoms with Gasteiger partial charge in [0.15, 0.2) is 0 Å². The van der Waals surface area contributed by atoms with E-state index in [0.717, 1.165) is 18.4 Å². The van der Waals surface area contributed by atoms with Crippen LogP contribution in [0, 0.1) is 0 Å². The number of primary sulfonamides is 1. The molecule has 0 saturated carbocycles. The van der Waals surface area contributed by atoms with Gasteiger partial charge in [-0.3, -0.25) is 9.48 Å². The van der Waals surface area contributed by atoms with Crippen LogP contribution in [0.3, 0.4) is 0 Å². The first kappa shape index (κ1) is 16.7. The number of sulfonamides is 1. The second kappa shape index (κ2) is 6.37. The van der Waals surface area contributed by atoms with E-state index >= 15 is 0 Å². The highest BCUT2D eigenvalue weighted by molar-refractivity contribution is 7.88. The lowest BCUT2D eigenvalue weighted by atomic mass is 10.1. The van der Waals surface area contributed by atoms with E-state index in [0.29, 0.717) is 17.7 Å². The molecule has 7 nitrogen and oxygen atoms in total. The van der Waals surface area contributed by atoms with E-state index in [9.17, 15) is 13.2 Å². The molecule has 8 heteroatoms. The summed E-state index contributed by atoms with van der Waals surface area (Å²) in [5.41, 5.74) is 2.15. The molecule has 0 aliphatic carbocycles. The summed E-state index contributed by atoms with van der Waals surface area (Å²) in [4.78, 5) is 14.6. The minimum atomic E-state index is -3.57. The van der Waals surface area contributed by atoms with Crippen molar-refractivity contribution in [3.05, 3.63) is 53.3 Å². The first-order chi connectivity index (χ1) is 11.3. The van der Waals surface area contributed by atoms with Crippen LogP contribution in [-0.2, 0) is 22.8 Å². The lowest BCUT2D eigenvalue weighted by molar-refractivity contribution is 0.0735. The lowest BCUT2D eigenvalue weighted by Gasteiger charge is -2.24. The monoisotopic (exact) mass is 348 g/mol. The van der Waals surface area contributed by atoms with Gasteiger partial charge in [0.1, 0.15) is 0 Å². The van der Waals surface area contributed by atoms with E-state index < -0.39 is 10.0 Å². The zero-order valence-electron chi connectivity index (χ0n) is 13.4. The minimum Gasteiger partial charge on any atom is -0.331 e. The number of rotatable bonds is 4. The Morgan fingerprint density at radius 2 is 2.04 bits per heavy atom. The van der Waals surface area contributed by atoms with Crippen LogP contribution < -0.4 is 5.14 Å². The number of nitrogens with zero attached hydrogens (tertiary/aromatic N) is 3. The second-order valence-electron chi connectivity index (χ2n) is 6.11. The van der Waals surface area contributed by atoms with Crippen molar-refractivity contribution in [3.63, 3.8) is 0 Å². The zero-order chi connectivity index (χ0) is 17.3. The van der Waals surface area contributed by atoms with Crippen molar-refractivity contribution in [2.45, 2.75) is 24.6 Å². The number of aryl methyl sites for hydroxylation is 1. The molecule has 1 unspecified atom stereocenters. The maximum atomic E-state index is 12.8. The summed E-state index contributed by atoms with van der Waals surface area (Å²) < 4.78 is 24.0. The molecular weight excluding hydrogens is 328 g/mol. The predicted molar refractivity (Wildman–Crippen MR) is 89.5 cm³/mol. The van der Waals surface area contributed by atoms with Crippen LogP contribution in [0.1, 0.15) is 40.4 Å². The first-order valence-corrected chi connectivity index (χ1v) is 9.44. The predicted octanol–water partition coefficient (Wildman–Crippen LogP) is 1.19. The van der Waals surface area contributed by atoms with Crippen LogP contribution in [0.4, 0.5) is 0 Å². The van der Waals surface area contributed by atoms with Gasteiger partial charge in [0.05, 0.1) is 18.0 Å². The molecule has 128 valence electrons. The SMILES string of the molecule is Cn1cc(C2CCCN2C(=O)c2ccc(CS(N)(=O)=O)cc2)cn1. The van der Waals surface area contributed by atoms with Crippen molar-refractivity contribution in [2.24, 2.45) is 12.2 Å². The van der Waals surface area contributed by atoms with Crippen molar-refractivity contribution < 1.29 is 13.2 Å². The Morgan fingerprint density at radius 1 is 1.33 bits per heavy atom. The average Bonchev–Trinajstić information content (AvgIpc) is 3.14. The fraction of sp³-hybridized carbons (Fsp3) is 0.375. The highest BCUT2D eigenvalue weighted by Gasteiger charge is 2.31. The quantitative estimate of drug-likeness (QED) is 0.897. The average molecular weight is 348 g/mol. The largest absolute Gasteiger partial charge is 0.331 e. The number of carbonyl (C=O) groups excluding carboxylic acids is 1. The number of amides is 1. The number of nitrogens with two attached hydrogens (primary N) is 1. The molecule has 1 aliphatic heterocycles. The highest BCUT2D eigenvalue weighted by atomic mass is 32.2. The summed E-state index contributed by atoms with van der Waals surface area (Å²) in [6.45, 7) is 0.706. The number of carbonyl (C=O) groups is 1. The van der Waals surface area contributed by atoms with Crippen molar-refractivity contribution >= 4 is 15.9 Å². The Bertz CT molecular complexity index is 842. The van der Waals surface area contributed by atoms with E-state index in [4.69, 9.17) is 5.14 Å². The normalized spacial score (nSPS) is 18.1. The number of hydrogen-bond acceptors (Lipinski definition) is 4. The molecule has 1 aromatic carbocycles. The number of aromatic nitrogens is 2. The molecule has 1 amide bonds. The Kier molecular flexibility index (Phi) is 4.42. The van der Waals surface area contributed by atoms with Gasteiger partial charge in [0.25, 0.3) is 5.91 Å². The number of likely N-dealkylation sites (tertiary alicyclic amines) is 1. The molecule has 1 aliphatic rings. The summed E-state index contributed by atoms with van der Waals surface area (Å²) in [6.07, 6.45) is 5.60. The smallest absolute Gasteiger partial charge is 0.254 e. The van der Waals surface area contributed by atoms with Crippen molar-refractivity contribution in [1.82, 2.24) is 14.7 Å². The molecule has 1 fully saturated rings. The van der Waals surface area contributed by atoms with Crippen LogP contribution in [0.2, 0.25) is 0 Å². The molecule has 3 rings (SSSR count). The summed E-state index contributed by atoms with van der Waals surface area (Å²) in [6, 6.07) is 6.61. The first-order valence-electron chi connectivity index (χ1n) is 7.72. The summed E-state index contributed by atoms with van der Waals surface area (Å²) in [5.74, 6) is -0.285. The second-order valence-corrected chi connectivity index (χ2v) is 7.72. The Morgan fingerprint density at radius 3 is 2.62 bits per heavy atom. The van der Waals surface area contributed by atoms with Gasteiger partial charge in [-0.25, -0.2) is 13.6 Å². The van der Waals surface area contributed by atoms with Gasteiger partial charge < -0.3 is 4.90 Å². The Hall–Kier alpha value is -2.19. The third kappa shape index (κ3) is 3.65. The fourth-order valence-corrected chi connectivity index (χ4v) is 3.77. The molecule has 2 aromatic rings. The van der Waals surface area contributed by atoms with Crippen LogP contribution >= 0.6 is 0 Å². The fourth-order valence-electron chi connectivity index (χ4n) is 3.11. The van der Waals surface area contributed by atoms with Gasteiger partial charge in [-0.2, -0.15) is 5.10 Å². The van der Waals surface area contributed by atoms with E-state index in [-0.39, 0.29) is 17.7 Å².